The number of terminal acetylenes is 1. The van der Waals surface area contributed by atoms with Crippen LogP contribution in [0.2, 0.25) is 0 Å². The molecule has 1 heterocycles. The maximum atomic E-state index is 5.66. The van der Waals surface area contributed by atoms with Gasteiger partial charge in [-0.15, -0.1) is 6.42 Å². The Morgan fingerprint density at radius 3 is 3.21 bits per heavy atom. The van der Waals surface area contributed by atoms with Crippen molar-refractivity contribution < 1.29 is 9.47 Å². The van der Waals surface area contributed by atoms with Crippen LogP contribution in [-0.4, -0.2) is 39.0 Å². The average Bonchev–Trinajstić information content (AvgIpc) is 2.68. The van der Waals surface area contributed by atoms with E-state index in [9.17, 15) is 0 Å². The fourth-order valence-electron chi connectivity index (χ4n) is 1.42. The summed E-state index contributed by atoms with van der Waals surface area (Å²) in [6.07, 6.45) is 6.47. The van der Waals surface area contributed by atoms with Gasteiger partial charge < -0.3 is 14.8 Å². The monoisotopic (exact) mass is 197 g/mol. The first-order valence-corrected chi connectivity index (χ1v) is 5.16. The Balaban J connectivity index is 1.97. The van der Waals surface area contributed by atoms with Crippen molar-refractivity contribution in [3.8, 4) is 12.3 Å². The van der Waals surface area contributed by atoms with Crippen molar-refractivity contribution in [3.05, 3.63) is 0 Å². The summed E-state index contributed by atoms with van der Waals surface area (Å²) in [6.45, 7) is 6.03. The Morgan fingerprint density at radius 1 is 1.71 bits per heavy atom. The fourth-order valence-corrected chi connectivity index (χ4v) is 1.42. The van der Waals surface area contributed by atoms with Crippen molar-refractivity contribution in [1.82, 2.24) is 5.32 Å². The summed E-state index contributed by atoms with van der Waals surface area (Å²) in [6, 6.07) is 0. The molecule has 0 spiro atoms. The van der Waals surface area contributed by atoms with E-state index in [1.807, 2.05) is 0 Å². The highest BCUT2D eigenvalue weighted by atomic mass is 16.5. The Kier molecular flexibility index (Phi) is 5.62. The van der Waals surface area contributed by atoms with Crippen molar-refractivity contribution >= 4 is 0 Å². The van der Waals surface area contributed by atoms with Crippen LogP contribution >= 0.6 is 0 Å². The summed E-state index contributed by atoms with van der Waals surface area (Å²) in [7, 11) is 0. The molecule has 1 aliphatic heterocycles. The molecular weight excluding hydrogens is 178 g/mol. The van der Waals surface area contributed by atoms with Gasteiger partial charge in [-0.25, -0.2) is 0 Å². The number of hydrogen-bond donors (Lipinski definition) is 1. The first-order valence-electron chi connectivity index (χ1n) is 5.16. The SMILES string of the molecule is C#CCNCC(C)OCC1CCOC1. The lowest BCUT2D eigenvalue weighted by Crippen LogP contribution is -2.28. The first kappa shape index (κ1) is 11.5. The van der Waals surface area contributed by atoms with Crippen LogP contribution in [0.4, 0.5) is 0 Å². The normalized spacial score (nSPS) is 23.3. The van der Waals surface area contributed by atoms with Gasteiger partial charge in [0.05, 0.1) is 25.9 Å². The van der Waals surface area contributed by atoms with Gasteiger partial charge >= 0.3 is 0 Å². The third-order valence-corrected chi connectivity index (χ3v) is 2.30. The molecule has 3 nitrogen and oxygen atoms in total. The molecule has 0 aliphatic carbocycles. The quantitative estimate of drug-likeness (QED) is 0.501. The van der Waals surface area contributed by atoms with Gasteiger partial charge in [-0.05, 0) is 13.3 Å². The average molecular weight is 197 g/mol. The molecule has 0 amide bonds. The maximum Gasteiger partial charge on any atom is 0.0671 e. The van der Waals surface area contributed by atoms with Gasteiger partial charge in [0.2, 0.25) is 0 Å². The summed E-state index contributed by atoms with van der Waals surface area (Å²) in [4.78, 5) is 0. The molecule has 1 fully saturated rings. The van der Waals surface area contributed by atoms with Gasteiger partial charge in [0.25, 0.3) is 0 Å². The lowest BCUT2D eigenvalue weighted by atomic mass is 10.1. The second-order valence-electron chi connectivity index (χ2n) is 3.71. The second-order valence-corrected chi connectivity index (χ2v) is 3.71. The molecule has 0 saturated carbocycles. The van der Waals surface area contributed by atoms with Gasteiger partial charge in [0.15, 0.2) is 0 Å². The Morgan fingerprint density at radius 2 is 2.57 bits per heavy atom. The summed E-state index contributed by atoms with van der Waals surface area (Å²) < 4.78 is 10.9. The van der Waals surface area contributed by atoms with Crippen LogP contribution in [-0.2, 0) is 9.47 Å². The van der Waals surface area contributed by atoms with Crippen LogP contribution in [0.1, 0.15) is 13.3 Å². The molecule has 0 aromatic rings. The second kappa shape index (κ2) is 6.83. The van der Waals surface area contributed by atoms with E-state index < -0.39 is 0 Å². The molecule has 2 unspecified atom stereocenters. The minimum Gasteiger partial charge on any atom is -0.381 e. The molecule has 1 aliphatic rings. The van der Waals surface area contributed by atoms with E-state index in [0.717, 1.165) is 32.8 Å². The van der Waals surface area contributed by atoms with Crippen LogP contribution in [0.3, 0.4) is 0 Å². The zero-order valence-corrected chi connectivity index (χ0v) is 8.79. The lowest BCUT2D eigenvalue weighted by molar-refractivity contribution is 0.0375. The van der Waals surface area contributed by atoms with E-state index in [2.05, 4.69) is 18.2 Å². The predicted molar refractivity (Wildman–Crippen MR) is 56.0 cm³/mol. The van der Waals surface area contributed by atoms with Crippen LogP contribution in [0.15, 0.2) is 0 Å². The standard InChI is InChI=1S/C11H19NO2/c1-3-5-12-7-10(2)14-9-11-4-6-13-8-11/h1,10-12H,4-9H2,2H3. The molecule has 1 rings (SSSR count). The van der Waals surface area contributed by atoms with Crippen molar-refractivity contribution in [1.29, 1.82) is 0 Å². The Labute approximate surface area is 86.2 Å². The minimum absolute atomic E-state index is 0.226. The molecule has 1 saturated heterocycles. The van der Waals surface area contributed by atoms with Gasteiger partial charge in [0.1, 0.15) is 0 Å². The summed E-state index contributed by atoms with van der Waals surface area (Å²) in [5.41, 5.74) is 0. The summed E-state index contributed by atoms with van der Waals surface area (Å²) in [5.74, 6) is 3.12. The molecule has 0 radical (unpaired) electrons. The number of rotatable bonds is 6. The molecule has 2 atom stereocenters. The van der Waals surface area contributed by atoms with Gasteiger partial charge in [-0.1, -0.05) is 5.92 Å². The Bertz CT molecular complexity index is 182. The zero-order chi connectivity index (χ0) is 10.2. The van der Waals surface area contributed by atoms with Crippen molar-refractivity contribution in [3.63, 3.8) is 0 Å². The summed E-state index contributed by atoms with van der Waals surface area (Å²) in [5, 5.41) is 3.12. The van der Waals surface area contributed by atoms with Crippen LogP contribution in [0, 0.1) is 18.3 Å². The van der Waals surface area contributed by atoms with Crippen LogP contribution in [0.5, 0.6) is 0 Å². The highest BCUT2D eigenvalue weighted by Gasteiger charge is 2.16. The topological polar surface area (TPSA) is 30.5 Å². The molecule has 0 aromatic heterocycles. The van der Waals surface area contributed by atoms with E-state index in [1.54, 1.807) is 0 Å². The van der Waals surface area contributed by atoms with E-state index in [4.69, 9.17) is 15.9 Å². The highest BCUT2D eigenvalue weighted by Crippen LogP contribution is 2.12. The van der Waals surface area contributed by atoms with E-state index in [1.165, 1.54) is 0 Å². The lowest BCUT2D eigenvalue weighted by Gasteiger charge is -2.15. The van der Waals surface area contributed by atoms with Gasteiger partial charge in [-0.3, -0.25) is 0 Å². The van der Waals surface area contributed by atoms with Crippen LogP contribution < -0.4 is 5.32 Å². The largest absolute Gasteiger partial charge is 0.381 e. The Hall–Kier alpha value is -0.560. The summed E-state index contributed by atoms with van der Waals surface area (Å²) >= 11 is 0. The van der Waals surface area contributed by atoms with Crippen LogP contribution in [0.25, 0.3) is 0 Å². The van der Waals surface area contributed by atoms with Crippen molar-refractivity contribution in [2.75, 3.05) is 32.9 Å². The van der Waals surface area contributed by atoms with Gasteiger partial charge in [-0.2, -0.15) is 0 Å². The molecular formula is C11H19NO2. The molecule has 0 bridgehead atoms. The molecule has 3 heteroatoms. The fraction of sp³-hybridized carbons (Fsp3) is 0.818. The van der Waals surface area contributed by atoms with E-state index >= 15 is 0 Å². The third-order valence-electron chi connectivity index (χ3n) is 2.30. The molecule has 0 aromatic carbocycles. The molecule has 80 valence electrons. The van der Waals surface area contributed by atoms with Gasteiger partial charge in [0, 0.05) is 19.1 Å². The maximum absolute atomic E-state index is 5.66. The van der Waals surface area contributed by atoms with E-state index in [0.29, 0.717) is 12.5 Å². The molecule has 14 heavy (non-hydrogen) atoms. The predicted octanol–water partition coefficient (Wildman–Crippen LogP) is 0.651. The molecule has 1 N–H and O–H groups in total. The number of nitrogens with one attached hydrogen (secondary N) is 1. The van der Waals surface area contributed by atoms with E-state index in [-0.39, 0.29) is 6.10 Å². The minimum atomic E-state index is 0.226. The first-order chi connectivity index (χ1) is 6.83. The smallest absolute Gasteiger partial charge is 0.0671 e. The highest BCUT2D eigenvalue weighted by molar-refractivity contribution is 4.86. The van der Waals surface area contributed by atoms with Crippen molar-refractivity contribution in [2.24, 2.45) is 5.92 Å². The van der Waals surface area contributed by atoms with Crippen molar-refractivity contribution in [2.45, 2.75) is 19.4 Å². The number of ether oxygens (including phenoxy) is 2. The third kappa shape index (κ3) is 4.61. The number of hydrogen-bond acceptors (Lipinski definition) is 3. The zero-order valence-electron chi connectivity index (χ0n) is 8.79.